The number of alkyl carbamates (subject to hydrolysis) is 2. The van der Waals surface area contributed by atoms with E-state index in [0.717, 1.165) is 12.2 Å². The molecule has 3 N–H and O–H groups in total. The normalized spacial score (nSPS) is 10.8. The molecular formula is C24H32N2O10. The van der Waals surface area contributed by atoms with Gasteiger partial charge < -0.3 is 39.4 Å². The number of aliphatic hydroxyl groups excluding tert-OH is 1. The molecule has 0 aliphatic heterocycles. The predicted molar refractivity (Wildman–Crippen MR) is 127 cm³/mol. The molecule has 0 aromatic heterocycles. The number of hydrogen-bond acceptors (Lipinski definition) is 10. The van der Waals surface area contributed by atoms with Crippen molar-refractivity contribution < 1.29 is 48.0 Å². The number of nitrogens with one attached hydrogen (secondary N) is 2. The zero-order valence-electron chi connectivity index (χ0n) is 19.9. The smallest absolute Gasteiger partial charge is 0.407 e. The quantitative estimate of drug-likeness (QED) is 0.122. The molecule has 36 heavy (non-hydrogen) atoms. The van der Waals surface area contributed by atoms with Crippen LogP contribution in [-0.4, -0.2) is 74.9 Å². The highest BCUT2D eigenvalue weighted by molar-refractivity contribution is 5.81. The highest BCUT2D eigenvalue weighted by atomic mass is 16.6. The summed E-state index contributed by atoms with van der Waals surface area (Å²) in [4.78, 5) is 45.3. The number of carbonyl (C=O) groups is 4. The molecule has 1 unspecified atom stereocenters. The van der Waals surface area contributed by atoms with Crippen LogP contribution in [-0.2, 0) is 35.1 Å². The van der Waals surface area contributed by atoms with Gasteiger partial charge in [-0.1, -0.05) is 31.4 Å². The predicted octanol–water partition coefficient (Wildman–Crippen LogP) is 1.62. The van der Waals surface area contributed by atoms with Crippen molar-refractivity contribution >= 4 is 24.1 Å². The fourth-order valence-corrected chi connectivity index (χ4v) is 2.40. The molecule has 0 saturated carbocycles. The largest absolute Gasteiger partial charge is 0.490 e. The van der Waals surface area contributed by atoms with E-state index >= 15 is 0 Å². The van der Waals surface area contributed by atoms with E-state index in [1.165, 1.54) is 0 Å². The van der Waals surface area contributed by atoms with Crippen LogP contribution in [0.4, 0.5) is 9.59 Å². The van der Waals surface area contributed by atoms with Crippen LogP contribution in [0.2, 0.25) is 0 Å². The minimum absolute atomic E-state index is 0.0788. The van der Waals surface area contributed by atoms with Crippen molar-refractivity contribution in [1.82, 2.24) is 10.6 Å². The van der Waals surface area contributed by atoms with Crippen molar-refractivity contribution in [2.24, 2.45) is 0 Å². The second-order valence-electron chi connectivity index (χ2n) is 7.05. The minimum atomic E-state index is -1.10. The topological polar surface area (TPSA) is 159 Å². The average molecular weight is 509 g/mol. The molecule has 12 heteroatoms. The van der Waals surface area contributed by atoms with Gasteiger partial charge >= 0.3 is 24.1 Å². The third-order valence-electron chi connectivity index (χ3n) is 4.17. The first-order valence-electron chi connectivity index (χ1n) is 11.1. The number of rotatable bonds is 17. The fraction of sp³-hybridized carbons (Fsp3) is 0.417. The summed E-state index contributed by atoms with van der Waals surface area (Å²) in [6.07, 6.45) is 0.419. The summed E-state index contributed by atoms with van der Waals surface area (Å²) in [6.45, 7) is 6.74. The van der Waals surface area contributed by atoms with Gasteiger partial charge in [-0.2, -0.15) is 0 Å². The van der Waals surface area contributed by atoms with Gasteiger partial charge in [0.2, 0.25) is 0 Å². The molecule has 1 aromatic rings. The van der Waals surface area contributed by atoms with Gasteiger partial charge in [-0.25, -0.2) is 19.2 Å². The summed E-state index contributed by atoms with van der Waals surface area (Å²) >= 11 is 0. The summed E-state index contributed by atoms with van der Waals surface area (Å²) in [7, 11) is 0. The van der Waals surface area contributed by atoms with Crippen LogP contribution < -0.4 is 15.4 Å². The molecular weight excluding hydrogens is 476 g/mol. The standard InChI is InChI=1S/C24H32N2O10/c1-3-21(28)32-13-7-11-25-23(30)35-15-18-9-5-6-10-20(18)34-16-19(27)17-36-24(31)26-12-8-14-33-22(29)4-2/h3-6,9-10,19,27H,1-2,7-8,11-17H2,(H,25,30)(H,26,31). The lowest BCUT2D eigenvalue weighted by Gasteiger charge is -2.15. The Hall–Kier alpha value is -4.06. The summed E-state index contributed by atoms with van der Waals surface area (Å²) in [5, 5.41) is 15.0. The van der Waals surface area contributed by atoms with Crippen molar-refractivity contribution in [3.8, 4) is 5.75 Å². The number of aliphatic hydroxyl groups is 1. The Morgan fingerprint density at radius 1 is 0.833 bits per heavy atom. The summed E-state index contributed by atoms with van der Waals surface area (Å²) in [5.41, 5.74) is 0.565. The molecule has 0 aliphatic carbocycles. The van der Waals surface area contributed by atoms with E-state index in [0.29, 0.717) is 24.2 Å². The summed E-state index contributed by atoms with van der Waals surface area (Å²) < 4.78 is 25.2. The van der Waals surface area contributed by atoms with E-state index in [1.54, 1.807) is 24.3 Å². The highest BCUT2D eigenvalue weighted by Gasteiger charge is 2.12. The zero-order chi connectivity index (χ0) is 26.6. The van der Waals surface area contributed by atoms with Crippen LogP contribution in [0.3, 0.4) is 0 Å². The van der Waals surface area contributed by atoms with Crippen LogP contribution in [0.1, 0.15) is 18.4 Å². The molecule has 0 spiro atoms. The lowest BCUT2D eigenvalue weighted by Crippen LogP contribution is -2.31. The van der Waals surface area contributed by atoms with Gasteiger partial charge in [0.15, 0.2) is 0 Å². The second kappa shape index (κ2) is 18.3. The average Bonchev–Trinajstić information content (AvgIpc) is 2.89. The van der Waals surface area contributed by atoms with E-state index in [4.69, 9.17) is 23.7 Å². The zero-order valence-corrected chi connectivity index (χ0v) is 19.9. The molecule has 2 amide bonds. The van der Waals surface area contributed by atoms with Gasteiger partial charge in [-0.05, 0) is 18.9 Å². The molecule has 0 heterocycles. The van der Waals surface area contributed by atoms with Gasteiger partial charge in [0.05, 0.1) is 13.2 Å². The monoisotopic (exact) mass is 508 g/mol. The SMILES string of the molecule is C=CC(=O)OCCCNC(=O)OCc1ccccc1OCC(O)COC(=O)NCCCOC(=O)C=C. The molecule has 0 bridgehead atoms. The van der Waals surface area contributed by atoms with Crippen LogP contribution in [0.5, 0.6) is 5.75 Å². The Kier molecular flexibility index (Phi) is 15.2. The molecule has 0 aliphatic rings. The highest BCUT2D eigenvalue weighted by Crippen LogP contribution is 2.19. The first-order chi connectivity index (χ1) is 17.3. The molecule has 1 aromatic carbocycles. The van der Waals surface area contributed by atoms with Crippen LogP contribution in [0.25, 0.3) is 0 Å². The number of ether oxygens (including phenoxy) is 5. The van der Waals surface area contributed by atoms with E-state index in [1.807, 2.05) is 0 Å². The molecule has 1 rings (SSSR count). The second-order valence-corrected chi connectivity index (χ2v) is 7.05. The van der Waals surface area contributed by atoms with Crippen molar-refractivity contribution in [1.29, 1.82) is 0 Å². The third kappa shape index (κ3) is 14.3. The Morgan fingerprint density at radius 2 is 1.39 bits per heavy atom. The van der Waals surface area contributed by atoms with Crippen molar-refractivity contribution in [3.05, 3.63) is 55.1 Å². The molecule has 1 atom stereocenters. The Morgan fingerprint density at radius 3 is 1.97 bits per heavy atom. The number of esters is 2. The van der Waals surface area contributed by atoms with E-state index in [9.17, 15) is 24.3 Å². The third-order valence-corrected chi connectivity index (χ3v) is 4.17. The maximum absolute atomic E-state index is 11.8. The maximum atomic E-state index is 11.8. The van der Waals surface area contributed by atoms with E-state index in [2.05, 4.69) is 23.8 Å². The number of para-hydroxylation sites is 1. The van der Waals surface area contributed by atoms with E-state index < -0.39 is 30.2 Å². The Balaban J connectivity index is 2.26. The van der Waals surface area contributed by atoms with Crippen LogP contribution in [0, 0.1) is 0 Å². The van der Waals surface area contributed by atoms with Gasteiger partial charge in [-0.3, -0.25) is 0 Å². The Bertz CT molecular complexity index is 874. The van der Waals surface area contributed by atoms with Gasteiger partial charge in [-0.15, -0.1) is 0 Å². The number of carbonyl (C=O) groups excluding carboxylic acids is 4. The molecule has 198 valence electrons. The van der Waals surface area contributed by atoms with Crippen LogP contribution >= 0.6 is 0 Å². The number of hydrogen-bond donors (Lipinski definition) is 3. The Labute approximate surface area is 209 Å². The number of benzene rings is 1. The first kappa shape index (κ1) is 30.0. The van der Waals surface area contributed by atoms with Crippen molar-refractivity contribution in [2.75, 3.05) is 39.5 Å². The first-order valence-corrected chi connectivity index (χ1v) is 11.1. The number of amides is 2. The minimum Gasteiger partial charge on any atom is -0.490 e. The molecule has 0 fully saturated rings. The molecule has 12 nitrogen and oxygen atoms in total. The summed E-state index contributed by atoms with van der Waals surface area (Å²) in [6, 6.07) is 6.79. The van der Waals surface area contributed by atoms with E-state index in [-0.39, 0.29) is 46.1 Å². The van der Waals surface area contributed by atoms with Gasteiger partial charge in [0.25, 0.3) is 0 Å². The lowest BCUT2D eigenvalue weighted by molar-refractivity contribution is -0.138. The van der Waals surface area contributed by atoms with Gasteiger partial charge in [0.1, 0.15) is 31.7 Å². The van der Waals surface area contributed by atoms with Gasteiger partial charge in [0, 0.05) is 30.8 Å². The molecule has 0 radical (unpaired) electrons. The van der Waals surface area contributed by atoms with Crippen molar-refractivity contribution in [3.63, 3.8) is 0 Å². The fourth-order valence-electron chi connectivity index (χ4n) is 2.40. The summed E-state index contributed by atoms with van der Waals surface area (Å²) in [5.74, 6) is -0.688. The van der Waals surface area contributed by atoms with Crippen LogP contribution in [0.15, 0.2) is 49.6 Å². The molecule has 0 saturated heterocycles. The lowest BCUT2D eigenvalue weighted by atomic mass is 10.2. The maximum Gasteiger partial charge on any atom is 0.407 e. The van der Waals surface area contributed by atoms with Crippen molar-refractivity contribution in [2.45, 2.75) is 25.6 Å².